The summed E-state index contributed by atoms with van der Waals surface area (Å²) in [5, 5.41) is 0. The van der Waals surface area contributed by atoms with Crippen LogP contribution in [0.1, 0.15) is 51.0 Å². The largest absolute Gasteiger partial charge is 0.372 e. The standard InChI is InChI=1S/C20H28O/c1-3-4-9-18-12-8-13-20(14-18)17(2)15-21-16-19-10-6-5-7-11-19/h5-7,10-11,14,20H,2-4,8-9,12-13,15-16H2,1H3. The second kappa shape index (κ2) is 8.84. The summed E-state index contributed by atoms with van der Waals surface area (Å²) in [6, 6.07) is 10.3. The molecular weight excluding hydrogens is 256 g/mol. The van der Waals surface area contributed by atoms with Crippen molar-refractivity contribution < 1.29 is 4.74 Å². The summed E-state index contributed by atoms with van der Waals surface area (Å²) in [6.07, 6.45) is 10.2. The second-order valence-electron chi connectivity index (χ2n) is 6.06. The Hall–Kier alpha value is -1.34. The topological polar surface area (TPSA) is 9.23 Å². The molecule has 114 valence electrons. The highest BCUT2D eigenvalue weighted by atomic mass is 16.5. The molecule has 0 aromatic heterocycles. The summed E-state index contributed by atoms with van der Waals surface area (Å²) < 4.78 is 5.82. The van der Waals surface area contributed by atoms with Crippen molar-refractivity contribution in [1.82, 2.24) is 0 Å². The van der Waals surface area contributed by atoms with Gasteiger partial charge in [0.2, 0.25) is 0 Å². The highest BCUT2D eigenvalue weighted by Gasteiger charge is 2.16. The molecule has 1 aromatic rings. The van der Waals surface area contributed by atoms with E-state index in [-0.39, 0.29) is 0 Å². The van der Waals surface area contributed by atoms with Gasteiger partial charge in [0.15, 0.2) is 0 Å². The molecule has 0 N–H and O–H groups in total. The summed E-state index contributed by atoms with van der Waals surface area (Å²) in [7, 11) is 0. The van der Waals surface area contributed by atoms with Crippen molar-refractivity contribution in [1.29, 1.82) is 0 Å². The summed E-state index contributed by atoms with van der Waals surface area (Å²) in [5.41, 5.74) is 4.10. The maximum Gasteiger partial charge on any atom is 0.0721 e. The van der Waals surface area contributed by atoms with Crippen LogP contribution in [0.3, 0.4) is 0 Å². The van der Waals surface area contributed by atoms with Crippen molar-refractivity contribution in [3.8, 4) is 0 Å². The van der Waals surface area contributed by atoms with Gasteiger partial charge in [-0.15, -0.1) is 0 Å². The first-order chi connectivity index (χ1) is 10.3. The summed E-state index contributed by atoms with van der Waals surface area (Å²) in [4.78, 5) is 0. The molecule has 0 bridgehead atoms. The van der Waals surface area contributed by atoms with Crippen LogP contribution in [0.5, 0.6) is 0 Å². The van der Waals surface area contributed by atoms with Gasteiger partial charge in [0.05, 0.1) is 13.2 Å². The maximum atomic E-state index is 5.82. The Labute approximate surface area is 129 Å². The number of allylic oxidation sites excluding steroid dienone is 2. The third kappa shape index (κ3) is 5.51. The monoisotopic (exact) mass is 284 g/mol. The van der Waals surface area contributed by atoms with Gasteiger partial charge in [-0.05, 0) is 49.2 Å². The van der Waals surface area contributed by atoms with E-state index >= 15 is 0 Å². The highest BCUT2D eigenvalue weighted by molar-refractivity contribution is 5.18. The van der Waals surface area contributed by atoms with Crippen molar-refractivity contribution in [2.75, 3.05) is 6.61 Å². The Kier molecular flexibility index (Phi) is 6.75. The lowest BCUT2D eigenvalue weighted by Crippen LogP contribution is -2.11. The number of ether oxygens (including phenoxy) is 1. The molecule has 1 heteroatoms. The minimum atomic E-state index is 0.529. The summed E-state index contributed by atoms with van der Waals surface area (Å²) in [5.74, 6) is 0.529. The average Bonchev–Trinajstić information content (AvgIpc) is 2.54. The zero-order chi connectivity index (χ0) is 14.9. The van der Waals surface area contributed by atoms with Crippen LogP contribution in [-0.2, 0) is 11.3 Å². The van der Waals surface area contributed by atoms with E-state index in [4.69, 9.17) is 4.74 Å². The Bertz CT molecular complexity index is 458. The minimum absolute atomic E-state index is 0.529. The zero-order valence-corrected chi connectivity index (χ0v) is 13.3. The molecule has 21 heavy (non-hydrogen) atoms. The fraction of sp³-hybridized carbons (Fsp3) is 0.500. The Morgan fingerprint density at radius 3 is 2.86 bits per heavy atom. The highest BCUT2D eigenvalue weighted by Crippen LogP contribution is 2.30. The van der Waals surface area contributed by atoms with Gasteiger partial charge in [-0.3, -0.25) is 0 Å². The van der Waals surface area contributed by atoms with E-state index in [0.717, 1.165) is 0 Å². The first-order valence-corrected chi connectivity index (χ1v) is 8.28. The van der Waals surface area contributed by atoms with Crippen LogP contribution in [-0.4, -0.2) is 6.61 Å². The van der Waals surface area contributed by atoms with Crippen molar-refractivity contribution in [2.24, 2.45) is 5.92 Å². The van der Waals surface area contributed by atoms with Gasteiger partial charge in [-0.25, -0.2) is 0 Å². The molecule has 1 nitrogen and oxygen atoms in total. The van der Waals surface area contributed by atoms with Crippen molar-refractivity contribution >= 4 is 0 Å². The molecule has 0 saturated carbocycles. The van der Waals surface area contributed by atoms with Crippen LogP contribution in [0.15, 0.2) is 54.1 Å². The van der Waals surface area contributed by atoms with Gasteiger partial charge in [0.1, 0.15) is 0 Å². The molecule has 1 unspecified atom stereocenters. The van der Waals surface area contributed by atoms with Crippen LogP contribution in [0.4, 0.5) is 0 Å². The molecule has 0 fully saturated rings. The van der Waals surface area contributed by atoms with E-state index in [1.54, 1.807) is 5.57 Å². The normalized spacial score (nSPS) is 18.3. The van der Waals surface area contributed by atoms with E-state index in [1.807, 2.05) is 6.07 Å². The third-order valence-corrected chi connectivity index (χ3v) is 4.22. The van der Waals surface area contributed by atoms with Crippen molar-refractivity contribution in [3.63, 3.8) is 0 Å². The lowest BCUT2D eigenvalue weighted by atomic mass is 9.84. The van der Waals surface area contributed by atoms with Gasteiger partial charge in [0, 0.05) is 0 Å². The number of rotatable bonds is 8. The molecule has 1 aromatic carbocycles. The smallest absolute Gasteiger partial charge is 0.0721 e. The number of unbranched alkanes of at least 4 members (excludes halogenated alkanes) is 1. The first-order valence-electron chi connectivity index (χ1n) is 8.28. The molecule has 0 amide bonds. The van der Waals surface area contributed by atoms with Gasteiger partial charge in [-0.2, -0.15) is 0 Å². The Balaban J connectivity index is 1.77. The van der Waals surface area contributed by atoms with Crippen LogP contribution >= 0.6 is 0 Å². The molecule has 0 radical (unpaired) electrons. The van der Waals surface area contributed by atoms with Gasteiger partial charge in [-0.1, -0.05) is 61.9 Å². The molecular formula is C20H28O. The van der Waals surface area contributed by atoms with E-state index in [9.17, 15) is 0 Å². The van der Waals surface area contributed by atoms with E-state index in [0.29, 0.717) is 19.1 Å². The summed E-state index contributed by atoms with van der Waals surface area (Å²) >= 11 is 0. The number of benzene rings is 1. The molecule has 0 saturated heterocycles. The Morgan fingerprint density at radius 2 is 2.10 bits per heavy atom. The fourth-order valence-corrected chi connectivity index (χ4v) is 2.92. The van der Waals surface area contributed by atoms with Crippen LogP contribution in [0.2, 0.25) is 0 Å². The molecule has 1 atom stereocenters. The molecule has 0 heterocycles. The van der Waals surface area contributed by atoms with Gasteiger partial charge < -0.3 is 4.74 Å². The lowest BCUT2D eigenvalue weighted by Gasteiger charge is -2.23. The van der Waals surface area contributed by atoms with E-state index in [2.05, 4.69) is 43.8 Å². The average molecular weight is 284 g/mol. The lowest BCUT2D eigenvalue weighted by molar-refractivity contribution is 0.137. The summed E-state index contributed by atoms with van der Waals surface area (Å²) in [6.45, 7) is 7.87. The maximum absolute atomic E-state index is 5.82. The predicted octanol–water partition coefficient (Wildman–Crippen LogP) is 5.68. The molecule has 2 rings (SSSR count). The zero-order valence-electron chi connectivity index (χ0n) is 13.3. The van der Waals surface area contributed by atoms with Crippen LogP contribution in [0, 0.1) is 5.92 Å². The van der Waals surface area contributed by atoms with Crippen LogP contribution in [0.25, 0.3) is 0 Å². The van der Waals surface area contributed by atoms with E-state index < -0.39 is 0 Å². The fourth-order valence-electron chi connectivity index (χ4n) is 2.92. The molecule has 1 aliphatic rings. The minimum Gasteiger partial charge on any atom is -0.372 e. The van der Waals surface area contributed by atoms with Crippen molar-refractivity contribution in [3.05, 3.63) is 59.7 Å². The van der Waals surface area contributed by atoms with Gasteiger partial charge >= 0.3 is 0 Å². The predicted molar refractivity (Wildman–Crippen MR) is 90.2 cm³/mol. The number of hydrogen-bond donors (Lipinski definition) is 0. The first kappa shape index (κ1) is 16.0. The number of hydrogen-bond acceptors (Lipinski definition) is 1. The quantitative estimate of drug-likeness (QED) is 0.558. The third-order valence-electron chi connectivity index (χ3n) is 4.22. The molecule has 1 aliphatic carbocycles. The Morgan fingerprint density at radius 1 is 1.29 bits per heavy atom. The SMILES string of the molecule is C=C(COCc1ccccc1)C1C=C(CCCC)CCC1. The van der Waals surface area contributed by atoms with Gasteiger partial charge in [0.25, 0.3) is 0 Å². The molecule has 0 spiro atoms. The van der Waals surface area contributed by atoms with Crippen molar-refractivity contribution in [2.45, 2.75) is 52.1 Å². The van der Waals surface area contributed by atoms with Crippen LogP contribution < -0.4 is 0 Å². The molecule has 0 aliphatic heterocycles. The van der Waals surface area contributed by atoms with E-state index in [1.165, 1.54) is 49.7 Å². The second-order valence-corrected chi connectivity index (χ2v) is 6.06.